The summed E-state index contributed by atoms with van der Waals surface area (Å²) in [7, 11) is 3.34. The predicted molar refractivity (Wildman–Crippen MR) is 86.1 cm³/mol. The highest BCUT2D eigenvalue weighted by molar-refractivity contribution is 9.09. The van der Waals surface area contributed by atoms with Crippen LogP contribution >= 0.6 is 15.9 Å². The average Bonchev–Trinajstić information content (AvgIpc) is 2.46. The minimum absolute atomic E-state index is 0.230. The molecule has 0 N–H and O–H groups in total. The van der Waals surface area contributed by atoms with E-state index in [0.29, 0.717) is 0 Å². The van der Waals surface area contributed by atoms with Crippen molar-refractivity contribution in [1.82, 2.24) is 0 Å². The van der Waals surface area contributed by atoms with Crippen LogP contribution in [0.15, 0.2) is 42.5 Å². The van der Waals surface area contributed by atoms with E-state index < -0.39 is 0 Å². The molecule has 0 spiro atoms. The first-order valence-electron chi connectivity index (χ1n) is 6.55. The van der Waals surface area contributed by atoms with Crippen LogP contribution in [-0.4, -0.2) is 14.2 Å². The summed E-state index contributed by atoms with van der Waals surface area (Å²) < 4.78 is 10.6. The van der Waals surface area contributed by atoms with E-state index in [2.05, 4.69) is 47.1 Å². The molecule has 20 heavy (non-hydrogen) atoms. The van der Waals surface area contributed by atoms with Gasteiger partial charge in [0.15, 0.2) is 0 Å². The highest BCUT2D eigenvalue weighted by Crippen LogP contribution is 2.33. The normalized spacial score (nSPS) is 12.0. The third-order valence-electron chi connectivity index (χ3n) is 3.23. The van der Waals surface area contributed by atoms with Crippen LogP contribution in [0.4, 0.5) is 0 Å². The van der Waals surface area contributed by atoms with Gasteiger partial charge < -0.3 is 9.47 Å². The van der Waals surface area contributed by atoms with E-state index in [1.165, 1.54) is 11.1 Å². The van der Waals surface area contributed by atoms with Crippen molar-refractivity contribution < 1.29 is 9.47 Å². The largest absolute Gasteiger partial charge is 0.497 e. The lowest BCUT2D eigenvalue weighted by Gasteiger charge is -2.14. The van der Waals surface area contributed by atoms with E-state index in [4.69, 9.17) is 9.47 Å². The molecule has 0 aliphatic carbocycles. The van der Waals surface area contributed by atoms with Gasteiger partial charge in [-0.2, -0.15) is 0 Å². The molecule has 106 valence electrons. The highest BCUT2D eigenvalue weighted by atomic mass is 79.9. The molecule has 1 atom stereocenters. The minimum atomic E-state index is 0.230. The van der Waals surface area contributed by atoms with Gasteiger partial charge in [0.05, 0.1) is 14.2 Å². The maximum atomic E-state index is 5.32. The van der Waals surface area contributed by atoms with Crippen molar-refractivity contribution in [2.45, 2.75) is 18.2 Å². The van der Waals surface area contributed by atoms with Gasteiger partial charge in [0, 0.05) is 10.9 Å². The summed E-state index contributed by atoms with van der Waals surface area (Å²) in [6.45, 7) is 2.11. The fraction of sp³-hybridized carbons (Fsp3) is 0.294. The number of rotatable bonds is 5. The van der Waals surface area contributed by atoms with Crippen LogP contribution in [0.25, 0.3) is 0 Å². The molecule has 3 heteroatoms. The zero-order chi connectivity index (χ0) is 14.5. The van der Waals surface area contributed by atoms with E-state index in [1.807, 2.05) is 18.2 Å². The maximum Gasteiger partial charge on any atom is 0.122 e. The van der Waals surface area contributed by atoms with Gasteiger partial charge in [-0.1, -0.05) is 45.8 Å². The SMILES string of the molecule is COc1cc(OC)cc(C(Br)Cc2cccc(C)c2)c1. The molecule has 0 heterocycles. The lowest BCUT2D eigenvalue weighted by molar-refractivity contribution is 0.393. The molecule has 0 aromatic heterocycles. The van der Waals surface area contributed by atoms with Crippen molar-refractivity contribution in [2.75, 3.05) is 14.2 Å². The number of hydrogen-bond acceptors (Lipinski definition) is 2. The van der Waals surface area contributed by atoms with Gasteiger partial charge in [-0.25, -0.2) is 0 Å². The van der Waals surface area contributed by atoms with Gasteiger partial charge in [0.2, 0.25) is 0 Å². The van der Waals surface area contributed by atoms with Crippen molar-refractivity contribution >= 4 is 15.9 Å². The first-order chi connectivity index (χ1) is 9.62. The van der Waals surface area contributed by atoms with Gasteiger partial charge >= 0.3 is 0 Å². The van der Waals surface area contributed by atoms with Crippen molar-refractivity contribution in [3.63, 3.8) is 0 Å². The molecule has 1 unspecified atom stereocenters. The standard InChI is InChI=1S/C17H19BrO2/c1-12-5-4-6-13(7-12)8-17(18)14-9-15(19-2)11-16(10-14)20-3/h4-7,9-11,17H,8H2,1-3H3. The van der Waals surface area contributed by atoms with Crippen molar-refractivity contribution in [2.24, 2.45) is 0 Å². The van der Waals surface area contributed by atoms with Crippen LogP contribution in [0.1, 0.15) is 21.5 Å². The summed E-state index contributed by atoms with van der Waals surface area (Å²) >= 11 is 3.76. The fourth-order valence-corrected chi connectivity index (χ4v) is 2.81. The second-order valence-electron chi connectivity index (χ2n) is 4.81. The van der Waals surface area contributed by atoms with E-state index >= 15 is 0 Å². The molecule has 2 aromatic carbocycles. The zero-order valence-electron chi connectivity index (χ0n) is 12.0. The van der Waals surface area contributed by atoms with Gasteiger partial charge in [-0.05, 0) is 36.6 Å². The van der Waals surface area contributed by atoms with E-state index in [9.17, 15) is 0 Å². The summed E-state index contributed by atoms with van der Waals surface area (Å²) in [5.41, 5.74) is 3.75. The number of alkyl halides is 1. The van der Waals surface area contributed by atoms with Crippen molar-refractivity contribution in [3.8, 4) is 11.5 Å². The third-order valence-corrected chi connectivity index (χ3v) is 4.09. The molecule has 2 rings (SSSR count). The molecule has 0 saturated carbocycles. The lowest BCUT2D eigenvalue weighted by atomic mass is 10.0. The summed E-state index contributed by atoms with van der Waals surface area (Å²) in [5, 5.41) is 0. The van der Waals surface area contributed by atoms with Crippen LogP contribution in [0.5, 0.6) is 11.5 Å². The Hall–Kier alpha value is -1.48. The molecule has 0 amide bonds. The number of halogens is 1. The summed E-state index contributed by atoms with van der Waals surface area (Å²) in [6.07, 6.45) is 0.929. The Kier molecular flexibility index (Phi) is 5.07. The molecule has 0 aliphatic heterocycles. The lowest BCUT2D eigenvalue weighted by Crippen LogP contribution is -1.98. The molecule has 2 aromatic rings. The number of aryl methyl sites for hydroxylation is 1. The predicted octanol–water partition coefficient (Wildman–Crippen LogP) is 4.69. The van der Waals surface area contributed by atoms with Crippen LogP contribution in [0.3, 0.4) is 0 Å². The number of hydrogen-bond donors (Lipinski definition) is 0. The molecule has 2 nitrogen and oxygen atoms in total. The second kappa shape index (κ2) is 6.80. The summed E-state index contributed by atoms with van der Waals surface area (Å²) in [5.74, 6) is 1.63. The molecule has 0 radical (unpaired) electrons. The quantitative estimate of drug-likeness (QED) is 0.738. The Morgan fingerprint density at radius 3 is 2.20 bits per heavy atom. The summed E-state index contributed by atoms with van der Waals surface area (Å²) in [6, 6.07) is 14.5. The molecule has 0 saturated heterocycles. The Morgan fingerprint density at radius 2 is 1.65 bits per heavy atom. The summed E-state index contributed by atoms with van der Waals surface area (Å²) in [4.78, 5) is 0.230. The van der Waals surface area contributed by atoms with Crippen LogP contribution in [-0.2, 0) is 6.42 Å². The van der Waals surface area contributed by atoms with Crippen molar-refractivity contribution in [3.05, 3.63) is 59.2 Å². The van der Waals surface area contributed by atoms with Crippen LogP contribution < -0.4 is 9.47 Å². The Balaban J connectivity index is 2.22. The molecule has 0 bridgehead atoms. The zero-order valence-corrected chi connectivity index (χ0v) is 13.6. The van der Waals surface area contributed by atoms with E-state index in [0.717, 1.165) is 23.5 Å². The Bertz CT molecular complexity index is 559. The number of benzene rings is 2. The smallest absolute Gasteiger partial charge is 0.122 e. The van der Waals surface area contributed by atoms with Crippen LogP contribution in [0.2, 0.25) is 0 Å². The van der Waals surface area contributed by atoms with Gasteiger partial charge in [-0.3, -0.25) is 0 Å². The number of methoxy groups -OCH3 is 2. The van der Waals surface area contributed by atoms with Gasteiger partial charge in [-0.15, -0.1) is 0 Å². The van der Waals surface area contributed by atoms with Crippen molar-refractivity contribution in [1.29, 1.82) is 0 Å². The van der Waals surface area contributed by atoms with Gasteiger partial charge in [0.1, 0.15) is 11.5 Å². The van der Waals surface area contributed by atoms with E-state index in [-0.39, 0.29) is 4.83 Å². The molecular formula is C17H19BrO2. The average molecular weight is 335 g/mol. The topological polar surface area (TPSA) is 18.5 Å². The van der Waals surface area contributed by atoms with Crippen LogP contribution in [0, 0.1) is 6.92 Å². The third kappa shape index (κ3) is 3.76. The first kappa shape index (κ1) is 14.9. The fourth-order valence-electron chi connectivity index (χ4n) is 2.17. The minimum Gasteiger partial charge on any atom is -0.497 e. The number of ether oxygens (including phenoxy) is 2. The van der Waals surface area contributed by atoms with Gasteiger partial charge in [0.25, 0.3) is 0 Å². The Labute approximate surface area is 128 Å². The van der Waals surface area contributed by atoms with E-state index in [1.54, 1.807) is 14.2 Å². The monoisotopic (exact) mass is 334 g/mol. The first-order valence-corrected chi connectivity index (χ1v) is 7.46. The Morgan fingerprint density at radius 1 is 1.00 bits per heavy atom. The molecular weight excluding hydrogens is 316 g/mol. The molecule has 0 fully saturated rings. The highest BCUT2D eigenvalue weighted by Gasteiger charge is 2.12. The second-order valence-corrected chi connectivity index (χ2v) is 5.91. The molecule has 0 aliphatic rings. The maximum absolute atomic E-state index is 5.32.